The summed E-state index contributed by atoms with van der Waals surface area (Å²) in [5.74, 6) is -0.792. The third-order valence-corrected chi connectivity index (χ3v) is 7.69. The van der Waals surface area contributed by atoms with Crippen LogP contribution in [0.5, 0.6) is 0 Å². The smallest absolute Gasteiger partial charge is 0.264 e. The number of nitrogens with one attached hydrogen (secondary N) is 1. The van der Waals surface area contributed by atoms with Crippen molar-refractivity contribution < 1.29 is 17.6 Å². The van der Waals surface area contributed by atoms with Crippen LogP contribution in [-0.4, -0.2) is 14.3 Å². The van der Waals surface area contributed by atoms with E-state index >= 15 is 0 Å². The van der Waals surface area contributed by atoms with Crippen molar-refractivity contribution in [2.45, 2.75) is 31.3 Å². The fourth-order valence-corrected chi connectivity index (χ4v) is 5.35. The molecular weight excluding hydrogens is 475 g/mol. The maximum atomic E-state index is 13.9. The second kappa shape index (κ2) is 10.7. The highest BCUT2D eigenvalue weighted by atomic mass is 32.2. The molecule has 0 aliphatic carbocycles. The van der Waals surface area contributed by atoms with Gasteiger partial charge in [0.25, 0.3) is 15.9 Å². The van der Waals surface area contributed by atoms with Crippen molar-refractivity contribution >= 4 is 21.6 Å². The third kappa shape index (κ3) is 5.63. The average molecular weight is 503 g/mol. The van der Waals surface area contributed by atoms with Gasteiger partial charge in [0.1, 0.15) is 5.82 Å². The van der Waals surface area contributed by atoms with Gasteiger partial charge >= 0.3 is 0 Å². The number of para-hydroxylation sites is 1. The molecule has 4 rings (SSSR count). The van der Waals surface area contributed by atoms with Crippen molar-refractivity contribution in [3.63, 3.8) is 0 Å². The molecule has 36 heavy (non-hydrogen) atoms. The van der Waals surface area contributed by atoms with Gasteiger partial charge in [-0.05, 0) is 61.4 Å². The summed E-state index contributed by atoms with van der Waals surface area (Å²) in [6.45, 7) is 3.73. The molecule has 4 aromatic rings. The van der Waals surface area contributed by atoms with Gasteiger partial charge in [0, 0.05) is 0 Å². The minimum Gasteiger partial charge on any atom is -0.345 e. The molecule has 4 aromatic carbocycles. The number of benzene rings is 4. The number of anilines is 1. The SMILES string of the molecule is Cc1ccc(S(=O)(=O)N(Cc2ccccc2)c2ccccc2C(=O)N[C@H](C)c2ccc(F)cc2)cc1. The van der Waals surface area contributed by atoms with Crippen LogP contribution >= 0.6 is 0 Å². The molecule has 0 radical (unpaired) electrons. The lowest BCUT2D eigenvalue weighted by Crippen LogP contribution is -2.34. The molecule has 0 fully saturated rings. The minimum absolute atomic E-state index is 0.0505. The number of carbonyl (C=O) groups excluding carboxylic acids is 1. The Morgan fingerprint density at radius 3 is 2.14 bits per heavy atom. The normalized spacial score (nSPS) is 12.1. The first-order valence-electron chi connectivity index (χ1n) is 11.5. The molecular formula is C29H27FN2O3S. The van der Waals surface area contributed by atoms with Gasteiger partial charge in [-0.25, -0.2) is 12.8 Å². The largest absolute Gasteiger partial charge is 0.345 e. The van der Waals surface area contributed by atoms with Gasteiger partial charge in [-0.1, -0.05) is 72.3 Å². The van der Waals surface area contributed by atoms with Crippen molar-refractivity contribution in [2.75, 3.05) is 4.31 Å². The van der Waals surface area contributed by atoms with E-state index in [0.29, 0.717) is 0 Å². The molecule has 0 aromatic heterocycles. The first kappa shape index (κ1) is 25.1. The van der Waals surface area contributed by atoms with Crippen molar-refractivity contribution in [1.29, 1.82) is 0 Å². The molecule has 184 valence electrons. The summed E-state index contributed by atoms with van der Waals surface area (Å²) in [7, 11) is -4.00. The standard InChI is InChI=1S/C29H27FN2O3S/c1-21-12-18-26(19-13-21)36(34,35)32(20-23-8-4-3-5-9-23)28-11-7-6-10-27(28)29(33)31-22(2)24-14-16-25(30)17-15-24/h3-19,22H,20H2,1-2H3,(H,31,33)/t22-/m1/s1. The molecule has 0 spiro atoms. The molecule has 0 saturated carbocycles. The minimum atomic E-state index is -4.00. The highest BCUT2D eigenvalue weighted by Gasteiger charge is 2.29. The Morgan fingerprint density at radius 1 is 0.861 bits per heavy atom. The van der Waals surface area contributed by atoms with E-state index in [9.17, 15) is 17.6 Å². The molecule has 1 amide bonds. The molecule has 0 aliphatic rings. The monoisotopic (exact) mass is 502 g/mol. The second-order valence-corrected chi connectivity index (χ2v) is 10.4. The van der Waals surface area contributed by atoms with E-state index in [1.54, 1.807) is 67.6 Å². The summed E-state index contributed by atoms with van der Waals surface area (Å²) in [4.78, 5) is 13.5. The number of halogens is 1. The van der Waals surface area contributed by atoms with Crippen molar-refractivity contribution in [1.82, 2.24) is 5.32 Å². The van der Waals surface area contributed by atoms with Gasteiger partial charge in [-0.2, -0.15) is 0 Å². The Bertz CT molecular complexity index is 1440. The van der Waals surface area contributed by atoms with Crippen LogP contribution in [-0.2, 0) is 16.6 Å². The maximum absolute atomic E-state index is 13.9. The zero-order valence-electron chi connectivity index (χ0n) is 20.1. The summed E-state index contributed by atoms with van der Waals surface area (Å²) in [5.41, 5.74) is 2.95. The Balaban J connectivity index is 1.74. The molecule has 1 N–H and O–H groups in total. The second-order valence-electron chi connectivity index (χ2n) is 8.57. The van der Waals surface area contributed by atoms with Crippen molar-refractivity contribution in [3.05, 3.63) is 131 Å². The molecule has 0 saturated heterocycles. The van der Waals surface area contributed by atoms with E-state index in [-0.39, 0.29) is 28.5 Å². The van der Waals surface area contributed by atoms with Crippen molar-refractivity contribution in [3.8, 4) is 0 Å². The van der Waals surface area contributed by atoms with Gasteiger partial charge in [0.15, 0.2) is 0 Å². The predicted molar refractivity (Wildman–Crippen MR) is 140 cm³/mol. The maximum Gasteiger partial charge on any atom is 0.264 e. The van der Waals surface area contributed by atoms with E-state index in [1.165, 1.54) is 16.4 Å². The van der Waals surface area contributed by atoms with Crippen LogP contribution in [0.4, 0.5) is 10.1 Å². The van der Waals surface area contributed by atoms with Crippen LogP contribution in [0, 0.1) is 12.7 Å². The quantitative estimate of drug-likeness (QED) is 0.320. The Hall–Kier alpha value is -3.97. The molecule has 0 unspecified atom stereocenters. The summed E-state index contributed by atoms with van der Waals surface area (Å²) < 4.78 is 42.3. The zero-order valence-corrected chi connectivity index (χ0v) is 20.9. The zero-order chi connectivity index (χ0) is 25.7. The Morgan fingerprint density at radius 2 is 1.47 bits per heavy atom. The summed E-state index contributed by atoms with van der Waals surface area (Å²) in [6, 6.07) is 28.0. The summed E-state index contributed by atoms with van der Waals surface area (Å²) in [6.07, 6.45) is 0. The number of nitrogens with zero attached hydrogens (tertiary/aromatic N) is 1. The fraction of sp³-hybridized carbons (Fsp3) is 0.138. The lowest BCUT2D eigenvalue weighted by molar-refractivity contribution is 0.0940. The number of carbonyl (C=O) groups is 1. The average Bonchev–Trinajstić information content (AvgIpc) is 2.88. The van der Waals surface area contributed by atoms with Crippen LogP contribution in [0.3, 0.4) is 0 Å². The summed E-state index contributed by atoms with van der Waals surface area (Å²) in [5, 5.41) is 2.91. The van der Waals surface area contributed by atoms with Crippen LogP contribution in [0.2, 0.25) is 0 Å². The molecule has 0 heterocycles. The van der Waals surface area contributed by atoms with Crippen molar-refractivity contribution in [2.24, 2.45) is 0 Å². The van der Waals surface area contributed by atoms with Gasteiger partial charge in [0.2, 0.25) is 0 Å². The Labute approximate surface area is 211 Å². The summed E-state index contributed by atoms with van der Waals surface area (Å²) >= 11 is 0. The van der Waals surface area contributed by atoms with Crippen LogP contribution < -0.4 is 9.62 Å². The molecule has 0 bridgehead atoms. The van der Waals surface area contributed by atoms with E-state index in [4.69, 9.17) is 0 Å². The van der Waals surface area contributed by atoms with E-state index in [1.807, 2.05) is 37.3 Å². The first-order valence-corrected chi connectivity index (χ1v) is 13.0. The van der Waals surface area contributed by atoms with Gasteiger partial charge in [-0.3, -0.25) is 9.10 Å². The van der Waals surface area contributed by atoms with Crippen LogP contribution in [0.15, 0.2) is 108 Å². The molecule has 0 aliphatic heterocycles. The highest BCUT2D eigenvalue weighted by Crippen LogP contribution is 2.30. The topological polar surface area (TPSA) is 66.5 Å². The van der Waals surface area contributed by atoms with Gasteiger partial charge in [-0.15, -0.1) is 0 Å². The lowest BCUT2D eigenvalue weighted by atomic mass is 10.1. The van der Waals surface area contributed by atoms with Gasteiger partial charge in [0.05, 0.1) is 28.7 Å². The van der Waals surface area contributed by atoms with Crippen LogP contribution in [0.25, 0.3) is 0 Å². The predicted octanol–water partition coefficient (Wildman–Crippen LogP) is 6.02. The number of sulfonamides is 1. The number of amides is 1. The fourth-order valence-electron chi connectivity index (χ4n) is 3.88. The molecule has 1 atom stereocenters. The molecule has 7 heteroatoms. The first-order chi connectivity index (χ1) is 17.3. The van der Waals surface area contributed by atoms with E-state index in [2.05, 4.69) is 5.32 Å². The Kier molecular flexibility index (Phi) is 7.50. The lowest BCUT2D eigenvalue weighted by Gasteiger charge is -2.27. The van der Waals surface area contributed by atoms with Crippen LogP contribution in [0.1, 0.15) is 40.0 Å². The van der Waals surface area contributed by atoms with Gasteiger partial charge < -0.3 is 5.32 Å². The number of hydrogen-bond acceptors (Lipinski definition) is 3. The number of hydrogen-bond donors (Lipinski definition) is 1. The third-order valence-electron chi connectivity index (χ3n) is 5.91. The van der Waals surface area contributed by atoms with E-state index < -0.39 is 22.0 Å². The highest BCUT2D eigenvalue weighted by molar-refractivity contribution is 7.92. The molecule has 5 nitrogen and oxygen atoms in total. The van der Waals surface area contributed by atoms with E-state index in [0.717, 1.165) is 16.7 Å². The number of rotatable bonds is 8. The number of aryl methyl sites for hydroxylation is 1.